The molecule has 0 amide bonds. The first-order valence-corrected chi connectivity index (χ1v) is 12.0. The minimum absolute atomic E-state index is 0.204. The normalized spacial score (nSPS) is 16.0. The van der Waals surface area contributed by atoms with Crippen molar-refractivity contribution in [3.05, 3.63) is 24.4 Å². The fourth-order valence-electron chi connectivity index (χ4n) is 4.02. The first-order chi connectivity index (χ1) is 13.1. The lowest BCUT2D eigenvalue weighted by Gasteiger charge is -2.29. The third-order valence-corrected chi connectivity index (χ3v) is 6.36. The highest BCUT2D eigenvalue weighted by Crippen LogP contribution is 2.37. The Balaban J connectivity index is 1.89. The molecule has 0 saturated heterocycles. The quantitative estimate of drug-likeness (QED) is 0.241. The second kappa shape index (κ2) is 15.1. The largest absolute Gasteiger partial charge is 0.448 e. The topological polar surface area (TPSA) is 21.3 Å². The molecule has 0 radical (unpaired) electrons. The van der Waals surface area contributed by atoms with Crippen LogP contribution in [0.4, 0.5) is 0 Å². The first-order valence-electron chi connectivity index (χ1n) is 12.0. The Labute approximate surface area is 170 Å². The maximum atomic E-state index is 5.37. The third-order valence-electron chi connectivity index (χ3n) is 6.36. The van der Waals surface area contributed by atoms with E-state index in [1.165, 1.54) is 108 Å². The van der Waals surface area contributed by atoms with Crippen molar-refractivity contribution in [3.63, 3.8) is 0 Å². The predicted octanol–water partition coefficient (Wildman–Crippen LogP) is 8.60. The van der Waals surface area contributed by atoms with Gasteiger partial charge in [-0.15, -0.1) is 0 Å². The van der Waals surface area contributed by atoms with E-state index in [1.807, 2.05) is 6.26 Å². The van der Waals surface area contributed by atoms with Gasteiger partial charge in [0.15, 0.2) is 5.88 Å². The Morgan fingerprint density at radius 2 is 1.22 bits per heavy atom. The van der Waals surface area contributed by atoms with E-state index in [0.717, 1.165) is 6.42 Å². The van der Waals surface area contributed by atoms with E-state index >= 15 is 0 Å². The number of hydrogen-bond acceptors (Lipinski definition) is 2. The van der Waals surface area contributed by atoms with Gasteiger partial charge in [0.1, 0.15) is 6.26 Å². The highest BCUT2D eigenvalue weighted by molar-refractivity contribution is 5.17. The van der Waals surface area contributed by atoms with Crippen molar-refractivity contribution < 1.29 is 4.74 Å². The van der Waals surface area contributed by atoms with Gasteiger partial charge in [0.25, 0.3) is 0 Å². The Morgan fingerprint density at radius 3 is 1.59 bits per heavy atom. The molecule has 1 atom stereocenters. The van der Waals surface area contributed by atoms with Crippen LogP contribution in [0, 0.1) is 5.41 Å². The lowest BCUT2D eigenvalue weighted by atomic mass is 9.79. The molecule has 0 aromatic carbocycles. The van der Waals surface area contributed by atoms with Crippen molar-refractivity contribution in [2.75, 3.05) is 0 Å². The summed E-state index contributed by atoms with van der Waals surface area (Å²) < 4.78 is 5.37. The van der Waals surface area contributed by atoms with Gasteiger partial charge in [0.05, 0.1) is 5.70 Å². The molecule has 0 aromatic heterocycles. The van der Waals surface area contributed by atoms with Crippen LogP contribution in [0.5, 0.6) is 0 Å². The molecule has 1 heterocycles. The number of nitrogens with one attached hydrogen (secondary N) is 1. The molecule has 2 nitrogen and oxygen atoms in total. The van der Waals surface area contributed by atoms with Gasteiger partial charge >= 0.3 is 0 Å². The minimum atomic E-state index is 0.204. The zero-order valence-electron chi connectivity index (χ0n) is 18.7. The van der Waals surface area contributed by atoms with Gasteiger partial charge in [-0.05, 0) is 19.4 Å². The Morgan fingerprint density at radius 1 is 0.778 bits per heavy atom. The Kier molecular flexibility index (Phi) is 13.4. The van der Waals surface area contributed by atoms with Crippen molar-refractivity contribution >= 4 is 0 Å². The van der Waals surface area contributed by atoms with Crippen molar-refractivity contribution in [2.45, 2.75) is 130 Å². The molecule has 0 spiro atoms. The summed E-state index contributed by atoms with van der Waals surface area (Å²) in [5, 5.41) is 3.29. The molecule has 0 aliphatic carbocycles. The van der Waals surface area contributed by atoms with Crippen molar-refractivity contribution in [1.82, 2.24) is 5.32 Å². The first kappa shape index (κ1) is 24.1. The monoisotopic (exact) mass is 377 g/mol. The molecule has 1 rings (SSSR count). The summed E-state index contributed by atoms with van der Waals surface area (Å²) in [6, 6.07) is 0. The molecule has 2 heteroatoms. The summed E-state index contributed by atoms with van der Waals surface area (Å²) in [6.07, 6.45) is 25.6. The number of rotatable bonds is 18. The van der Waals surface area contributed by atoms with E-state index in [4.69, 9.17) is 4.74 Å². The summed E-state index contributed by atoms with van der Waals surface area (Å²) in [7, 11) is 0. The summed E-state index contributed by atoms with van der Waals surface area (Å²) in [5.41, 5.74) is 1.41. The van der Waals surface area contributed by atoms with Crippen LogP contribution in [-0.2, 0) is 4.74 Å². The van der Waals surface area contributed by atoms with Crippen LogP contribution in [0.2, 0.25) is 0 Å². The summed E-state index contributed by atoms with van der Waals surface area (Å²) in [6.45, 7) is 10.8. The average molecular weight is 378 g/mol. The smallest absolute Gasteiger partial charge is 0.189 e. The zero-order valence-corrected chi connectivity index (χ0v) is 18.7. The maximum Gasteiger partial charge on any atom is 0.189 e. The molecule has 27 heavy (non-hydrogen) atoms. The molecular formula is C25H47NO. The lowest BCUT2D eigenvalue weighted by Crippen LogP contribution is -2.25. The maximum absolute atomic E-state index is 5.37. The van der Waals surface area contributed by atoms with E-state index < -0.39 is 0 Å². The van der Waals surface area contributed by atoms with Gasteiger partial charge in [0, 0.05) is 5.41 Å². The predicted molar refractivity (Wildman–Crippen MR) is 119 cm³/mol. The van der Waals surface area contributed by atoms with Gasteiger partial charge in [-0.1, -0.05) is 117 Å². The molecule has 1 aliphatic rings. The molecule has 0 bridgehead atoms. The van der Waals surface area contributed by atoms with Crippen LogP contribution in [0.1, 0.15) is 130 Å². The van der Waals surface area contributed by atoms with Gasteiger partial charge in [0.2, 0.25) is 0 Å². The molecule has 0 aromatic rings. The highest BCUT2D eigenvalue weighted by atomic mass is 16.5. The summed E-state index contributed by atoms with van der Waals surface area (Å²) >= 11 is 0. The average Bonchev–Trinajstić information content (AvgIpc) is 3.11. The van der Waals surface area contributed by atoms with E-state index in [2.05, 4.69) is 32.7 Å². The van der Waals surface area contributed by atoms with E-state index in [-0.39, 0.29) is 5.41 Å². The van der Waals surface area contributed by atoms with E-state index in [9.17, 15) is 0 Å². The van der Waals surface area contributed by atoms with Crippen LogP contribution in [0.25, 0.3) is 0 Å². The van der Waals surface area contributed by atoms with Crippen LogP contribution in [-0.4, -0.2) is 0 Å². The number of ether oxygens (including phenoxy) is 1. The molecule has 1 unspecified atom stereocenters. The minimum Gasteiger partial charge on any atom is -0.448 e. The Bertz CT molecular complexity index is 415. The van der Waals surface area contributed by atoms with Crippen LogP contribution in [0.15, 0.2) is 24.4 Å². The SMILES string of the molecule is C=C1NC(C(C)(CC)CCCCCCCCCCCCCCCCC)=CO1. The molecule has 0 saturated carbocycles. The third kappa shape index (κ3) is 10.9. The summed E-state index contributed by atoms with van der Waals surface area (Å²) in [5.74, 6) is 0.668. The van der Waals surface area contributed by atoms with Gasteiger partial charge in [-0.3, -0.25) is 0 Å². The second-order valence-corrected chi connectivity index (χ2v) is 8.81. The van der Waals surface area contributed by atoms with Gasteiger partial charge < -0.3 is 10.1 Å². The van der Waals surface area contributed by atoms with Gasteiger partial charge in [-0.2, -0.15) is 0 Å². The number of hydrogen-bond donors (Lipinski definition) is 1. The van der Waals surface area contributed by atoms with Gasteiger partial charge in [-0.25, -0.2) is 0 Å². The van der Waals surface area contributed by atoms with Crippen molar-refractivity contribution in [2.24, 2.45) is 5.41 Å². The fourth-order valence-corrected chi connectivity index (χ4v) is 4.02. The molecule has 0 fully saturated rings. The van der Waals surface area contributed by atoms with Crippen LogP contribution < -0.4 is 5.32 Å². The standard InChI is InChI=1S/C25H47NO/c1-5-7-8-9-10-11-12-13-14-15-16-17-18-19-20-21-25(4,6-2)24-22-27-23(3)26-24/h22,26H,3,5-21H2,1-2,4H3. The molecular weight excluding hydrogens is 330 g/mol. The molecule has 158 valence electrons. The molecule has 1 aliphatic heterocycles. The fraction of sp³-hybridized carbons (Fsp3) is 0.840. The van der Waals surface area contributed by atoms with Crippen LogP contribution in [0.3, 0.4) is 0 Å². The van der Waals surface area contributed by atoms with E-state index in [1.54, 1.807) is 0 Å². The second-order valence-electron chi connectivity index (χ2n) is 8.81. The summed E-state index contributed by atoms with van der Waals surface area (Å²) in [4.78, 5) is 0. The number of unbranched alkanes of at least 4 members (excludes halogenated alkanes) is 14. The molecule has 1 N–H and O–H groups in total. The zero-order chi connectivity index (χ0) is 19.8. The lowest BCUT2D eigenvalue weighted by molar-refractivity contribution is 0.322. The van der Waals surface area contributed by atoms with Crippen LogP contribution >= 0.6 is 0 Å². The van der Waals surface area contributed by atoms with Crippen molar-refractivity contribution in [3.8, 4) is 0 Å². The van der Waals surface area contributed by atoms with Crippen molar-refractivity contribution in [1.29, 1.82) is 0 Å². The highest BCUT2D eigenvalue weighted by Gasteiger charge is 2.30. The number of allylic oxidation sites excluding steroid dienone is 1. The Hall–Kier alpha value is -0.920. The van der Waals surface area contributed by atoms with E-state index in [0.29, 0.717) is 5.88 Å².